The third-order valence-electron chi connectivity index (χ3n) is 2.66. The number of aromatic nitrogens is 2. The topological polar surface area (TPSA) is 76.4 Å². The molecule has 1 aromatic heterocycles. The van der Waals surface area contributed by atoms with Crippen LogP contribution in [0.3, 0.4) is 0 Å². The van der Waals surface area contributed by atoms with Crippen molar-refractivity contribution in [2.75, 3.05) is 20.3 Å². The van der Waals surface area contributed by atoms with Gasteiger partial charge in [0.05, 0.1) is 30.5 Å². The van der Waals surface area contributed by atoms with Crippen molar-refractivity contribution in [1.82, 2.24) is 15.1 Å². The number of nitrogens with one attached hydrogen (secondary N) is 1. The summed E-state index contributed by atoms with van der Waals surface area (Å²) in [7, 11) is 3.31. The number of aliphatic hydroxyl groups is 1. The average molecular weight is 241 g/mol. The molecule has 6 nitrogen and oxygen atoms in total. The Hall–Kier alpha value is -1.40. The van der Waals surface area contributed by atoms with Crippen LogP contribution in [0, 0.1) is 13.8 Å². The molecule has 1 heterocycles. The van der Waals surface area contributed by atoms with Crippen LogP contribution in [0.15, 0.2) is 0 Å². The van der Waals surface area contributed by atoms with E-state index < -0.39 is 6.04 Å². The van der Waals surface area contributed by atoms with Crippen molar-refractivity contribution in [3.05, 3.63) is 17.0 Å². The molecule has 0 aromatic carbocycles. The maximum absolute atomic E-state index is 12.0. The van der Waals surface area contributed by atoms with Crippen molar-refractivity contribution < 1.29 is 14.6 Å². The Morgan fingerprint density at radius 3 is 2.65 bits per heavy atom. The van der Waals surface area contributed by atoms with Crippen LogP contribution >= 0.6 is 0 Å². The molecule has 1 atom stereocenters. The smallest absolute Gasteiger partial charge is 0.255 e. The largest absolute Gasteiger partial charge is 0.394 e. The summed E-state index contributed by atoms with van der Waals surface area (Å²) in [6.07, 6.45) is 0. The van der Waals surface area contributed by atoms with Gasteiger partial charge in [0.25, 0.3) is 5.91 Å². The number of aliphatic hydroxyl groups excluding tert-OH is 1. The number of rotatable bonds is 5. The number of hydrogen-bond acceptors (Lipinski definition) is 4. The van der Waals surface area contributed by atoms with Gasteiger partial charge in [-0.15, -0.1) is 0 Å². The summed E-state index contributed by atoms with van der Waals surface area (Å²) in [6, 6.07) is -0.397. The highest BCUT2D eigenvalue weighted by atomic mass is 16.5. The summed E-state index contributed by atoms with van der Waals surface area (Å²) < 4.78 is 6.56. The Morgan fingerprint density at radius 1 is 1.59 bits per heavy atom. The lowest BCUT2D eigenvalue weighted by Crippen LogP contribution is -2.41. The summed E-state index contributed by atoms with van der Waals surface area (Å²) in [6.45, 7) is 3.74. The molecule has 0 aliphatic rings. The molecule has 1 rings (SSSR count). The second-order valence-electron chi connectivity index (χ2n) is 3.98. The van der Waals surface area contributed by atoms with E-state index in [1.807, 2.05) is 6.92 Å². The zero-order chi connectivity index (χ0) is 13.0. The molecule has 0 aliphatic heterocycles. The summed E-state index contributed by atoms with van der Waals surface area (Å²) >= 11 is 0. The lowest BCUT2D eigenvalue weighted by atomic mass is 10.1. The Labute approximate surface area is 101 Å². The van der Waals surface area contributed by atoms with Gasteiger partial charge >= 0.3 is 0 Å². The molecular formula is C11H19N3O3. The van der Waals surface area contributed by atoms with Crippen molar-refractivity contribution in [2.45, 2.75) is 19.9 Å². The standard InChI is InChI=1S/C11H19N3O3/c1-7-10(8(2)14(3)13-7)11(16)12-9(5-15)6-17-4/h9,15H,5-6H2,1-4H3,(H,12,16). The zero-order valence-corrected chi connectivity index (χ0v) is 10.6. The van der Waals surface area contributed by atoms with Crippen LogP contribution in [0.4, 0.5) is 0 Å². The number of ether oxygens (including phenoxy) is 1. The van der Waals surface area contributed by atoms with Crippen molar-refractivity contribution in [1.29, 1.82) is 0 Å². The SMILES string of the molecule is COCC(CO)NC(=O)c1c(C)nn(C)c1C. The predicted octanol–water partition coefficient (Wildman–Crippen LogP) is -0.226. The van der Waals surface area contributed by atoms with Gasteiger partial charge in [-0.1, -0.05) is 0 Å². The van der Waals surface area contributed by atoms with E-state index in [1.54, 1.807) is 18.7 Å². The number of amides is 1. The normalized spacial score (nSPS) is 12.5. The second kappa shape index (κ2) is 5.79. The number of nitrogens with zero attached hydrogens (tertiary/aromatic N) is 2. The van der Waals surface area contributed by atoms with Crippen molar-refractivity contribution in [3.63, 3.8) is 0 Å². The molecule has 0 fully saturated rings. The monoisotopic (exact) mass is 241 g/mol. The van der Waals surface area contributed by atoms with Gasteiger partial charge in [-0.25, -0.2) is 0 Å². The van der Waals surface area contributed by atoms with Gasteiger partial charge in [0.1, 0.15) is 0 Å². The van der Waals surface area contributed by atoms with Gasteiger partial charge in [-0.3, -0.25) is 9.48 Å². The van der Waals surface area contributed by atoms with Crippen molar-refractivity contribution >= 4 is 5.91 Å². The van der Waals surface area contributed by atoms with E-state index in [0.717, 1.165) is 5.69 Å². The lowest BCUT2D eigenvalue weighted by molar-refractivity contribution is 0.0838. The van der Waals surface area contributed by atoms with E-state index >= 15 is 0 Å². The molecule has 0 radical (unpaired) electrons. The highest BCUT2D eigenvalue weighted by molar-refractivity contribution is 5.96. The van der Waals surface area contributed by atoms with Gasteiger partial charge in [-0.05, 0) is 13.8 Å². The summed E-state index contributed by atoms with van der Waals surface area (Å²) in [4.78, 5) is 12.0. The van der Waals surface area contributed by atoms with E-state index in [-0.39, 0.29) is 19.1 Å². The minimum Gasteiger partial charge on any atom is -0.394 e. The fourth-order valence-electron chi connectivity index (χ4n) is 1.70. The number of carbonyl (C=O) groups is 1. The number of methoxy groups -OCH3 is 1. The molecule has 0 saturated heterocycles. The van der Waals surface area contributed by atoms with Crippen LogP contribution in [0.25, 0.3) is 0 Å². The fraction of sp³-hybridized carbons (Fsp3) is 0.636. The van der Waals surface area contributed by atoms with Crippen LogP contribution in [-0.4, -0.2) is 47.2 Å². The third kappa shape index (κ3) is 3.04. The molecule has 0 spiro atoms. The summed E-state index contributed by atoms with van der Waals surface area (Å²) in [5.41, 5.74) is 2.03. The highest BCUT2D eigenvalue weighted by Crippen LogP contribution is 2.11. The molecule has 0 saturated carbocycles. The summed E-state index contributed by atoms with van der Waals surface area (Å²) in [5.74, 6) is -0.232. The van der Waals surface area contributed by atoms with E-state index in [9.17, 15) is 4.79 Å². The maximum Gasteiger partial charge on any atom is 0.255 e. The van der Waals surface area contributed by atoms with Crippen LogP contribution in [0.2, 0.25) is 0 Å². The third-order valence-corrected chi connectivity index (χ3v) is 2.66. The van der Waals surface area contributed by atoms with Crippen LogP contribution in [0.1, 0.15) is 21.7 Å². The Bertz CT molecular complexity index is 401. The van der Waals surface area contributed by atoms with Gasteiger partial charge in [0.2, 0.25) is 0 Å². The first kappa shape index (κ1) is 13.7. The zero-order valence-electron chi connectivity index (χ0n) is 10.6. The van der Waals surface area contributed by atoms with Crippen LogP contribution in [-0.2, 0) is 11.8 Å². The molecular weight excluding hydrogens is 222 g/mol. The molecule has 2 N–H and O–H groups in total. The molecule has 0 aliphatic carbocycles. The minimum atomic E-state index is -0.397. The molecule has 1 aromatic rings. The van der Waals surface area contributed by atoms with Crippen molar-refractivity contribution in [2.24, 2.45) is 7.05 Å². The van der Waals surface area contributed by atoms with E-state index in [2.05, 4.69) is 10.4 Å². The van der Waals surface area contributed by atoms with E-state index in [1.165, 1.54) is 7.11 Å². The molecule has 96 valence electrons. The van der Waals surface area contributed by atoms with Gasteiger partial charge in [0.15, 0.2) is 0 Å². The fourth-order valence-corrected chi connectivity index (χ4v) is 1.70. The van der Waals surface area contributed by atoms with Crippen LogP contribution in [0.5, 0.6) is 0 Å². The Balaban J connectivity index is 2.82. The first-order chi connectivity index (χ1) is 8.01. The van der Waals surface area contributed by atoms with E-state index in [4.69, 9.17) is 9.84 Å². The second-order valence-corrected chi connectivity index (χ2v) is 3.98. The molecule has 1 amide bonds. The summed E-state index contributed by atoms with van der Waals surface area (Å²) in [5, 5.41) is 16.0. The van der Waals surface area contributed by atoms with Crippen molar-refractivity contribution in [3.8, 4) is 0 Å². The highest BCUT2D eigenvalue weighted by Gasteiger charge is 2.19. The molecule has 6 heteroatoms. The quantitative estimate of drug-likeness (QED) is 0.747. The predicted molar refractivity (Wildman–Crippen MR) is 62.9 cm³/mol. The molecule has 1 unspecified atom stereocenters. The van der Waals surface area contributed by atoms with Gasteiger partial charge < -0.3 is 15.2 Å². The Kier molecular flexibility index (Phi) is 4.65. The lowest BCUT2D eigenvalue weighted by Gasteiger charge is -2.15. The average Bonchev–Trinajstić information content (AvgIpc) is 2.52. The number of hydrogen-bond donors (Lipinski definition) is 2. The number of carbonyl (C=O) groups excluding carboxylic acids is 1. The van der Waals surface area contributed by atoms with Gasteiger partial charge in [-0.2, -0.15) is 5.10 Å². The number of aryl methyl sites for hydroxylation is 2. The first-order valence-electron chi connectivity index (χ1n) is 5.42. The Morgan fingerprint density at radius 2 is 2.24 bits per heavy atom. The molecule has 0 bridgehead atoms. The first-order valence-corrected chi connectivity index (χ1v) is 5.42. The van der Waals surface area contributed by atoms with Gasteiger partial charge in [0, 0.05) is 19.9 Å². The molecule has 17 heavy (non-hydrogen) atoms. The maximum atomic E-state index is 12.0. The minimum absolute atomic E-state index is 0.155. The van der Waals surface area contributed by atoms with Crippen LogP contribution < -0.4 is 5.32 Å². The van der Waals surface area contributed by atoms with E-state index in [0.29, 0.717) is 11.3 Å².